The maximum atomic E-state index is 12.1. The maximum absolute atomic E-state index is 12.1. The van der Waals surface area contributed by atoms with Crippen LogP contribution in [0, 0.1) is 39.7 Å². The van der Waals surface area contributed by atoms with Gasteiger partial charge in [0.25, 0.3) is 0 Å². The Kier molecular flexibility index (Phi) is 15.4. The van der Waals surface area contributed by atoms with E-state index in [9.17, 15) is 4.79 Å². The van der Waals surface area contributed by atoms with Gasteiger partial charge in [0.2, 0.25) is 0 Å². The molecule has 0 amide bonds. The van der Waals surface area contributed by atoms with Crippen molar-refractivity contribution in [2.75, 3.05) is 29.9 Å². The van der Waals surface area contributed by atoms with Gasteiger partial charge < -0.3 is 42.3 Å². The summed E-state index contributed by atoms with van der Waals surface area (Å²) in [5, 5.41) is 13.0. The van der Waals surface area contributed by atoms with Crippen LogP contribution >= 0.6 is 0 Å². The van der Waals surface area contributed by atoms with E-state index >= 15 is 0 Å². The monoisotopic (exact) mass is 603 g/mol. The minimum absolute atomic E-state index is 0. The molecule has 9 nitrogen and oxygen atoms in total. The number of aryl methyl sites for hydroxylation is 1. The number of anilines is 3. The van der Waals surface area contributed by atoms with Gasteiger partial charge in [0, 0.05) is 41.9 Å². The summed E-state index contributed by atoms with van der Waals surface area (Å²) in [7, 11) is 0. The third kappa shape index (κ3) is 9.40. The summed E-state index contributed by atoms with van der Waals surface area (Å²) >= 11 is 0. The Morgan fingerprint density at radius 2 is 2.13 bits per heavy atom. The van der Waals surface area contributed by atoms with Crippen molar-refractivity contribution in [2.45, 2.75) is 32.6 Å². The molecule has 11 heteroatoms. The van der Waals surface area contributed by atoms with Crippen molar-refractivity contribution in [3.63, 3.8) is 0 Å². The number of aliphatic imine (C=N–C) groups is 1. The maximum Gasteiger partial charge on any atom is 1.00 e. The molecule has 1 N–H and O–H groups in total. The van der Waals surface area contributed by atoms with E-state index in [-0.39, 0.29) is 50.9 Å². The van der Waals surface area contributed by atoms with E-state index in [4.69, 9.17) is 21.5 Å². The summed E-state index contributed by atoms with van der Waals surface area (Å²) in [5.41, 5.74) is 3.54. The van der Waals surface area contributed by atoms with Gasteiger partial charge in [-0.05, 0) is 68.4 Å². The number of allylic oxidation sites excluding steroid dienone is 4. The van der Waals surface area contributed by atoms with Gasteiger partial charge in [-0.2, -0.15) is 12.2 Å². The van der Waals surface area contributed by atoms with Gasteiger partial charge in [-0.25, -0.2) is 35.5 Å². The Labute approximate surface area is 296 Å². The molecule has 230 valence electrons. The summed E-state index contributed by atoms with van der Waals surface area (Å²) in [6.07, 6.45) is 14.1. The molecule has 1 saturated heterocycles. The van der Waals surface area contributed by atoms with Crippen LogP contribution in [0.1, 0.15) is 31.2 Å². The first-order valence-corrected chi connectivity index (χ1v) is 14.4. The Hall–Kier alpha value is -3.73. The molecule has 5 rings (SSSR count). The molecule has 0 aliphatic carbocycles. The van der Waals surface area contributed by atoms with Crippen molar-refractivity contribution in [1.82, 2.24) is 9.97 Å². The minimum Gasteiger partial charge on any atom is -0.577 e. The van der Waals surface area contributed by atoms with Crippen LogP contribution in [0.4, 0.5) is 17.2 Å². The first-order chi connectivity index (χ1) is 21.0. The zero-order chi connectivity index (χ0) is 30.2. The van der Waals surface area contributed by atoms with Crippen LogP contribution < -0.4 is 57.4 Å². The number of carbonyl (C=O) groups excluding carboxylic acids is 1. The Morgan fingerprint density at radius 1 is 1.30 bits per heavy atom. The standard InChI is InChI=1S/C34H34N6O3.CH3.2Li/c1-4-7-27(41)11-9-24-8-6-15-40-19-25(24)20-42-33-18-30-29(17-31(33)40)34(38-22-37-30)39-26-10-12-32(23(3)16-26)43-28(5-2)13-14-36-21-35;;;/h2,4-5,7,10,12-13,16-18,21-22,24-25H,1,6,8-9,11,15,19-20H2,3H3,(H,37,38,39);1H3;;/q-4;-1;2*+1/b7-4+,28-13+;;;/t24?,25-;;;/m1.../s1. The number of carbonyl (C=O) groups is 1. The second kappa shape index (κ2) is 18.4. The molecule has 2 aliphatic rings. The van der Waals surface area contributed by atoms with E-state index in [0.29, 0.717) is 48.5 Å². The molecule has 0 spiro atoms. The van der Waals surface area contributed by atoms with Crippen LogP contribution in [0.25, 0.3) is 16.3 Å². The minimum atomic E-state index is 0. The van der Waals surface area contributed by atoms with Crippen LogP contribution in [-0.4, -0.2) is 48.0 Å². The van der Waals surface area contributed by atoms with E-state index in [0.717, 1.165) is 65.9 Å². The number of aromatic nitrogens is 2. The molecule has 3 aromatic rings. The van der Waals surface area contributed by atoms with Crippen LogP contribution in [0.15, 0.2) is 71.7 Å². The summed E-state index contributed by atoms with van der Waals surface area (Å²) in [6, 6.07) is 9.82. The van der Waals surface area contributed by atoms with Gasteiger partial charge in [0.1, 0.15) is 23.6 Å². The molecule has 1 unspecified atom stereocenters. The summed E-state index contributed by atoms with van der Waals surface area (Å²) < 4.78 is 12.2. The average Bonchev–Trinajstić information content (AvgIpc) is 3.32. The van der Waals surface area contributed by atoms with Crippen LogP contribution in [0.3, 0.4) is 0 Å². The van der Waals surface area contributed by atoms with Crippen LogP contribution in [0.2, 0.25) is 0 Å². The van der Waals surface area contributed by atoms with Gasteiger partial charge in [-0.1, -0.05) is 0 Å². The average molecular weight is 604 g/mol. The van der Waals surface area contributed by atoms with E-state index in [1.165, 1.54) is 12.2 Å². The number of benzene rings is 2. The fourth-order valence-electron chi connectivity index (χ4n) is 5.72. The molecule has 1 aromatic heterocycles. The van der Waals surface area contributed by atoms with Gasteiger partial charge in [-0.3, -0.25) is 6.58 Å². The quantitative estimate of drug-likeness (QED) is 0.0660. The van der Waals surface area contributed by atoms with Gasteiger partial charge in [0.05, 0.1) is 23.6 Å². The molecule has 2 bridgehead atoms. The van der Waals surface area contributed by atoms with Crippen molar-refractivity contribution in [2.24, 2.45) is 16.8 Å². The second-order valence-electron chi connectivity index (χ2n) is 10.7. The smallest absolute Gasteiger partial charge is 0.577 e. The van der Waals surface area contributed by atoms with E-state index in [1.807, 2.05) is 31.2 Å². The van der Waals surface area contributed by atoms with E-state index in [1.54, 1.807) is 18.5 Å². The summed E-state index contributed by atoms with van der Waals surface area (Å²) in [5.74, 6) is 3.37. The summed E-state index contributed by atoms with van der Waals surface area (Å²) in [4.78, 5) is 27.1. The fourth-order valence-corrected chi connectivity index (χ4v) is 5.72. The number of nitrogens with one attached hydrogen (secondary N) is 1. The molecule has 1 fully saturated rings. The SMILES string of the molecule is [CH-]=C/C(=C\[C-]=NC=[N-])Oc1ccc(Nc2ncnc3cc4c(cc23)N2CCCC(CCC(=O)/C=C/[CH2-])[C@@H](CO4)C2)cc1C.[CH3-].[Li+].[Li+]. The molecule has 0 saturated carbocycles. The number of ketones is 1. The van der Waals surface area contributed by atoms with E-state index in [2.05, 4.69) is 44.4 Å². The van der Waals surface area contributed by atoms with Crippen LogP contribution in [0.5, 0.6) is 11.5 Å². The molecule has 3 heterocycles. The number of hydrogen-bond acceptors (Lipinski definition) is 7. The zero-order valence-corrected chi connectivity index (χ0v) is 27.2. The summed E-state index contributed by atoms with van der Waals surface area (Å²) in [6.45, 7) is 13.7. The Morgan fingerprint density at radius 3 is 2.87 bits per heavy atom. The molecule has 2 aromatic carbocycles. The van der Waals surface area contributed by atoms with Gasteiger partial charge in [0.15, 0.2) is 0 Å². The van der Waals surface area contributed by atoms with Crippen molar-refractivity contribution < 1.29 is 52.0 Å². The third-order valence-corrected chi connectivity index (χ3v) is 7.87. The van der Waals surface area contributed by atoms with Crippen molar-refractivity contribution in [3.8, 4) is 11.5 Å². The van der Waals surface area contributed by atoms with Crippen molar-refractivity contribution in [1.29, 1.82) is 0 Å². The van der Waals surface area contributed by atoms with Crippen molar-refractivity contribution >= 4 is 46.4 Å². The number of rotatable bonds is 11. The first-order valence-electron chi connectivity index (χ1n) is 14.4. The Balaban J connectivity index is 0.00000245. The Bertz CT molecular complexity index is 1610. The number of hydrogen-bond donors (Lipinski definition) is 1. The molecule has 2 atom stereocenters. The predicted octanol–water partition coefficient (Wildman–Crippen LogP) is 0.902. The normalized spacial score (nSPS) is 17.3. The first kappa shape index (κ1) is 38.5. The van der Waals surface area contributed by atoms with Crippen LogP contribution in [-0.2, 0) is 4.79 Å². The fraction of sp³-hybridized carbons (Fsp3) is 0.286. The van der Waals surface area contributed by atoms with E-state index < -0.39 is 0 Å². The third-order valence-electron chi connectivity index (χ3n) is 7.87. The molecule has 0 radical (unpaired) electrons. The second-order valence-corrected chi connectivity index (χ2v) is 10.7. The molecule has 46 heavy (non-hydrogen) atoms. The molecular weight excluding hydrogens is 566 g/mol. The van der Waals surface area contributed by atoms with Crippen molar-refractivity contribution in [3.05, 3.63) is 98.6 Å². The number of fused-ring (bicyclic) bond motifs is 5. The predicted molar refractivity (Wildman–Crippen MR) is 178 cm³/mol. The topological polar surface area (TPSA) is 111 Å². The largest absolute Gasteiger partial charge is 1.00 e. The number of nitrogens with zero attached hydrogens (tertiary/aromatic N) is 5. The van der Waals surface area contributed by atoms with Gasteiger partial charge >= 0.3 is 37.7 Å². The molecule has 2 aliphatic heterocycles. The molecular formula is C35H37Li2N6O3-3. The number of ether oxygens (including phenoxy) is 2. The van der Waals surface area contributed by atoms with Gasteiger partial charge in [-0.15, -0.1) is 6.08 Å². The zero-order valence-electron chi connectivity index (χ0n) is 27.2.